The normalized spacial score (nSPS) is 16.5. The van der Waals surface area contributed by atoms with Crippen LogP contribution < -0.4 is 10.6 Å². The fraction of sp³-hybridized carbons (Fsp3) is 0.357. The fourth-order valence-corrected chi connectivity index (χ4v) is 3.01. The Hall–Kier alpha value is -1.21. The molecule has 0 aliphatic carbocycles. The maximum absolute atomic E-state index is 11.9. The summed E-state index contributed by atoms with van der Waals surface area (Å²) in [5.74, 6) is 0.0385. The summed E-state index contributed by atoms with van der Waals surface area (Å²) in [5, 5.41) is 9.04. The molecule has 0 spiro atoms. The molecule has 2 aromatic heterocycles. The minimum atomic E-state index is 0. The SMILES string of the molecule is Cl.Cl.O=C(Cc1csc(-c2ccccn2)n1)NC1CCNC1. The van der Waals surface area contributed by atoms with Gasteiger partial charge in [0.15, 0.2) is 0 Å². The number of nitrogens with one attached hydrogen (secondary N) is 2. The van der Waals surface area contributed by atoms with Gasteiger partial charge in [-0.3, -0.25) is 9.78 Å². The molecule has 120 valence electrons. The van der Waals surface area contributed by atoms with Crippen LogP contribution in [0.2, 0.25) is 0 Å². The molecular weight excluding hydrogens is 343 g/mol. The molecule has 8 heteroatoms. The Labute approximate surface area is 145 Å². The number of halogens is 2. The van der Waals surface area contributed by atoms with Crippen LogP contribution in [0, 0.1) is 0 Å². The molecule has 3 heterocycles. The van der Waals surface area contributed by atoms with Crippen molar-refractivity contribution in [2.45, 2.75) is 18.9 Å². The van der Waals surface area contributed by atoms with Crippen LogP contribution >= 0.6 is 36.2 Å². The lowest BCUT2D eigenvalue weighted by atomic mass is 10.2. The number of hydrogen-bond acceptors (Lipinski definition) is 5. The third-order valence-corrected chi connectivity index (χ3v) is 4.12. The highest BCUT2D eigenvalue weighted by Gasteiger charge is 2.17. The first-order valence-corrected chi connectivity index (χ1v) is 7.55. The number of nitrogens with zero attached hydrogens (tertiary/aromatic N) is 2. The fourth-order valence-electron chi connectivity index (χ4n) is 2.22. The van der Waals surface area contributed by atoms with Gasteiger partial charge in [-0.1, -0.05) is 6.07 Å². The zero-order valence-corrected chi connectivity index (χ0v) is 14.3. The Kier molecular flexibility index (Phi) is 7.75. The highest BCUT2D eigenvalue weighted by atomic mass is 35.5. The quantitative estimate of drug-likeness (QED) is 0.875. The van der Waals surface area contributed by atoms with E-state index in [0.717, 1.165) is 35.9 Å². The minimum Gasteiger partial charge on any atom is -0.352 e. The molecule has 2 aromatic rings. The van der Waals surface area contributed by atoms with Gasteiger partial charge in [0.05, 0.1) is 17.8 Å². The van der Waals surface area contributed by atoms with E-state index in [4.69, 9.17) is 0 Å². The molecular formula is C14H18Cl2N4OS. The van der Waals surface area contributed by atoms with Crippen LogP contribution in [-0.4, -0.2) is 35.0 Å². The van der Waals surface area contributed by atoms with Gasteiger partial charge < -0.3 is 10.6 Å². The summed E-state index contributed by atoms with van der Waals surface area (Å²) in [6, 6.07) is 5.99. The Morgan fingerprint density at radius 2 is 2.27 bits per heavy atom. The monoisotopic (exact) mass is 360 g/mol. The van der Waals surface area contributed by atoms with Gasteiger partial charge in [0.25, 0.3) is 0 Å². The Morgan fingerprint density at radius 3 is 2.95 bits per heavy atom. The number of amides is 1. The molecule has 22 heavy (non-hydrogen) atoms. The van der Waals surface area contributed by atoms with Crippen molar-refractivity contribution in [2.24, 2.45) is 0 Å². The van der Waals surface area contributed by atoms with E-state index in [1.807, 2.05) is 23.6 Å². The Morgan fingerprint density at radius 1 is 1.41 bits per heavy atom. The maximum atomic E-state index is 11.9. The first-order chi connectivity index (χ1) is 9.81. The summed E-state index contributed by atoms with van der Waals surface area (Å²) in [6.45, 7) is 1.84. The number of pyridine rings is 1. The van der Waals surface area contributed by atoms with Crippen LogP contribution in [0.15, 0.2) is 29.8 Å². The van der Waals surface area contributed by atoms with Crippen molar-refractivity contribution in [2.75, 3.05) is 13.1 Å². The van der Waals surface area contributed by atoms with Crippen molar-refractivity contribution in [3.63, 3.8) is 0 Å². The van der Waals surface area contributed by atoms with Gasteiger partial charge in [-0.2, -0.15) is 0 Å². The summed E-state index contributed by atoms with van der Waals surface area (Å²) in [6.07, 6.45) is 3.08. The van der Waals surface area contributed by atoms with E-state index in [1.54, 1.807) is 6.20 Å². The summed E-state index contributed by atoms with van der Waals surface area (Å²) in [5.41, 5.74) is 1.66. The van der Waals surface area contributed by atoms with Crippen LogP contribution in [0.3, 0.4) is 0 Å². The average Bonchev–Trinajstić information content (AvgIpc) is 3.11. The van der Waals surface area contributed by atoms with Crippen molar-refractivity contribution in [3.8, 4) is 10.7 Å². The first-order valence-electron chi connectivity index (χ1n) is 6.67. The summed E-state index contributed by atoms with van der Waals surface area (Å²) in [4.78, 5) is 20.7. The molecule has 1 unspecified atom stereocenters. The van der Waals surface area contributed by atoms with Crippen LogP contribution in [0.5, 0.6) is 0 Å². The van der Waals surface area contributed by atoms with E-state index in [-0.39, 0.29) is 36.8 Å². The van der Waals surface area contributed by atoms with E-state index in [0.29, 0.717) is 6.42 Å². The third kappa shape index (κ3) is 4.91. The number of thiazole rings is 1. The lowest BCUT2D eigenvalue weighted by Gasteiger charge is -2.10. The lowest BCUT2D eigenvalue weighted by Crippen LogP contribution is -2.37. The molecule has 1 amide bonds. The highest BCUT2D eigenvalue weighted by Crippen LogP contribution is 2.21. The van der Waals surface area contributed by atoms with Crippen LogP contribution in [0.1, 0.15) is 12.1 Å². The van der Waals surface area contributed by atoms with E-state index in [9.17, 15) is 4.79 Å². The summed E-state index contributed by atoms with van der Waals surface area (Å²) >= 11 is 1.52. The summed E-state index contributed by atoms with van der Waals surface area (Å²) in [7, 11) is 0. The largest absolute Gasteiger partial charge is 0.352 e. The third-order valence-electron chi connectivity index (χ3n) is 3.20. The molecule has 1 atom stereocenters. The predicted molar refractivity (Wildman–Crippen MR) is 93.0 cm³/mol. The van der Waals surface area contributed by atoms with Crippen LogP contribution in [-0.2, 0) is 11.2 Å². The highest BCUT2D eigenvalue weighted by molar-refractivity contribution is 7.13. The van der Waals surface area contributed by atoms with Gasteiger partial charge in [-0.25, -0.2) is 4.98 Å². The van der Waals surface area contributed by atoms with Gasteiger partial charge in [-0.05, 0) is 25.1 Å². The molecule has 2 N–H and O–H groups in total. The number of carbonyl (C=O) groups is 1. The summed E-state index contributed by atoms with van der Waals surface area (Å²) < 4.78 is 0. The molecule has 0 bridgehead atoms. The van der Waals surface area contributed by atoms with E-state index in [1.165, 1.54) is 11.3 Å². The van der Waals surface area contributed by atoms with Crippen LogP contribution in [0.4, 0.5) is 0 Å². The van der Waals surface area contributed by atoms with Crippen molar-refractivity contribution >= 4 is 42.1 Å². The van der Waals surface area contributed by atoms with E-state index >= 15 is 0 Å². The van der Waals surface area contributed by atoms with E-state index in [2.05, 4.69) is 20.6 Å². The standard InChI is InChI=1S/C14H16N4OS.2ClH/c19-13(17-10-4-6-15-8-10)7-11-9-20-14(18-11)12-3-1-2-5-16-12;;/h1-3,5,9-10,15H,4,6-8H2,(H,17,19);2*1H. The number of rotatable bonds is 4. The van der Waals surface area contributed by atoms with Crippen molar-refractivity contribution in [1.29, 1.82) is 0 Å². The molecule has 0 saturated carbocycles. The van der Waals surface area contributed by atoms with Crippen molar-refractivity contribution in [1.82, 2.24) is 20.6 Å². The molecule has 1 saturated heterocycles. The second-order valence-corrected chi connectivity index (χ2v) is 5.65. The van der Waals surface area contributed by atoms with Gasteiger partial charge in [-0.15, -0.1) is 36.2 Å². The second-order valence-electron chi connectivity index (χ2n) is 4.79. The van der Waals surface area contributed by atoms with Gasteiger partial charge in [0, 0.05) is 24.2 Å². The van der Waals surface area contributed by atoms with Gasteiger partial charge >= 0.3 is 0 Å². The molecule has 1 aliphatic heterocycles. The molecule has 1 aliphatic rings. The first kappa shape index (κ1) is 18.8. The molecule has 3 rings (SSSR count). The number of aromatic nitrogens is 2. The number of hydrogen-bond donors (Lipinski definition) is 2. The predicted octanol–water partition coefficient (Wildman–Crippen LogP) is 2.07. The minimum absolute atomic E-state index is 0. The van der Waals surface area contributed by atoms with Crippen molar-refractivity contribution < 1.29 is 4.79 Å². The Bertz CT molecular complexity index is 588. The lowest BCUT2D eigenvalue weighted by molar-refractivity contribution is -0.121. The van der Waals surface area contributed by atoms with E-state index < -0.39 is 0 Å². The molecule has 5 nitrogen and oxygen atoms in total. The van der Waals surface area contributed by atoms with Gasteiger partial charge in [0.2, 0.25) is 5.91 Å². The van der Waals surface area contributed by atoms with Gasteiger partial charge in [0.1, 0.15) is 5.01 Å². The molecule has 0 aromatic carbocycles. The smallest absolute Gasteiger partial charge is 0.226 e. The van der Waals surface area contributed by atoms with Crippen molar-refractivity contribution in [3.05, 3.63) is 35.5 Å². The zero-order valence-electron chi connectivity index (χ0n) is 11.8. The molecule has 0 radical (unpaired) electrons. The topological polar surface area (TPSA) is 66.9 Å². The average molecular weight is 361 g/mol. The molecule has 1 fully saturated rings. The number of carbonyl (C=O) groups excluding carboxylic acids is 1. The van der Waals surface area contributed by atoms with Crippen LogP contribution in [0.25, 0.3) is 10.7 Å². The second kappa shape index (κ2) is 9.05. The maximum Gasteiger partial charge on any atom is 0.226 e. The Balaban J connectivity index is 0.00000121. The zero-order chi connectivity index (χ0) is 13.8.